The van der Waals surface area contributed by atoms with Gasteiger partial charge in [0.2, 0.25) is 0 Å². The van der Waals surface area contributed by atoms with Crippen molar-refractivity contribution in [3.63, 3.8) is 0 Å². The Bertz CT molecular complexity index is 799. The SMILES string of the molecule is C=NCc1c(N2C3CCC2CC3)cc(Cl)c(C)c1-c1c(C)cnn1C. The molecule has 132 valence electrons. The molecule has 4 nitrogen and oxygen atoms in total. The number of hydrogen-bond donors (Lipinski definition) is 0. The topological polar surface area (TPSA) is 33.4 Å². The van der Waals surface area contributed by atoms with Crippen LogP contribution in [0.2, 0.25) is 5.02 Å². The van der Waals surface area contributed by atoms with Crippen molar-refractivity contribution in [3.05, 3.63) is 34.0 Å². The van der Waals surface area contributed by atoms with Gasteiger partial charge in [0.1, 0.15) is 0 Å². The number of hydrogen-bond acceptors (Lipinski definition) is 3. The summed E-state index contributed by atoms with van der Waals surface area (Å²) in [5.41, 5.74) is 7.06. The Kier molecular flexibility index (Phi) is 4.11. The zero-order valence-electron chi connectivity index (χ0n) is 15.2. The molecule has 25 heavy (non-hydrogen) atoms. The predicted molar refractivity (Wildman–Crippen MR) is 105 cm³/mol. The molecule has 1 aromatic heterocycles. The molecule has 2 bridgehead atoms. The summed E-state index contributed by atoms with van der Waals surface area (Å²) in [5, 5.41) is 5.27. The van der Waals surface area contributed by atoms with Crippen LogP contribution in [0.5, 0.6) is 0 Å². The number of aliphatic imine (C=N–C) groups is 1. The molecule has 0 atom stereocenters. The molecule has 2 aliphatic heterocycles. The van der Waals surface area contributed by atoms with E-state index in [0.29, 0.717) is 18.6 Å². The normalized spacial score (nSPS) is 22.0. The molecule has 0 radical (unpaired) electrons. The summed E-state index contributed by atoms with van der Waals surface area (Å²) in [4.78, 5) is 6.87. The van der Waals surface area contributed by atoms with Gasteiger partial charge in [0.05, 0.1) is 18.4 Å². The highest BCUT2D eigenvalue weighted by molar-refractivity contribution is 6.32. The number of aromatic nitrogens is 2. The van der Waals surface area contributed by atoms with Gasteiger partial charge in [0.25, 0.3) is 0 Å². The highest BCUT2D eigenvalue weighted by Gasteiger charge is 2.40. The number of halogens is 1. The average Bonchev–Trinajstić information content (AvgIpc) is 3.27. The van der Waals surface area contributed by atoms with Crippen molar-refractivity contribution in [1.82, 2.24) is 9.78 Å². The van der Waals surface area contributed by atoms with Gasteiger partial charge in [-0.05, 0) is 63.4 Å². The first-order valence-electron chi connectivity index (χ1n) is 9.04. The second-order valence-electron chi connectivity index (χ2n) is 7.41. The fourth-order valence-corrected chi connectivity index (χ4v) is 5.02. The van der Waals surface area contributed by atoms with E-state index in [1.54, 1.807) is 0 Å². The number of benzene rings is 1. The van der Waals surface area contributed by atoms with Crippen LogP contribution in [0.4, 0.5) is 5.69 Å². The first-order chi connectivity index (χ1) is 12.0. The van der Waals surface area contributed by atoms with Crippen molar-refractivity contribution < 1.29 is 0 Å². The van der Waals surface area contributed by atoms with Crippen LogP contribution in [-0.4, -0.2) is 28.6 Å². The largest absolute Gasteiger partial charge is 0.365 e. The van der Waals surface area contributed by atoms with Gasteiger partial charge >= 0.3 is 0 Å². The molecule has 0 aliphatic carbocycles. The van der Waals surface area contributed by atoms with E-state index in [2.05, 4.69) is 41.6 Å². The minimum atomic E-state index is 0.600. The Balaban J connectivity index is 1.99. The molecule has 0 spiro atoms. The molecule has 1 aromatic carbocycles. The van der Waals surface area contributed by atoms with E-state index in [4.69, 9.17) is 11.6 Å². The quantitative estimate of drug-likeness (QED) is 0.744. The molecule has 4 rings (SSSR count). The average molecular weight is 357 g/mol. The van der Waals surface area contributed by atoms with Crippen molar-refractivity contribution in [3.8, 4) is 11.3 Å². The fourth-order valence-electron chi connectivity index (χ4n) is 4.82. The minimum absolute atomic E-state index is 0.600. The van der Waals surface area contributed by atoms with Crippen molar-refractivity contribution >= 4 is 24.0 Å². The van der Waals surface area contributed by atoms with Crippen LogP contribution in [0.25, 0.3) is 11.3 Å². The van der Waals surface area contributed by atoms with E-state index in [0.717, 1.165) is 21.8 Å². The first-order valence-corrected chi connectivity index (χ1v) is 9.42. The van der Waals surface area contributed by atoms with E-state index < -0.39 is 0 Å². The monoisotopic (exact) mass is 356 g/mol. The van der Waals surface area contributed by atoms with Gasteiger partial charge in [-0.3, -0.25) is 9.67 Å². The van der Waals surface area contributed by atoms with E-state index in [-0.39, 0.29) is 0 Å². The van der Waals surface area contributed by atoms with Crippen LogP contribution in [-0.2, 0) is 13.6 Å². The summed E-state index contributed by atoms with van der Waals surface area (Å²) < 4.78 is 1.95. The Hall–Kier alpha value is -1.81. The van der Waals surface area contributed by atoms with Gasteiger partial charge in [-0.1, -0.05) is 11.6 Å². The maximum absolute atomic E-state index is 6.70. The summed E-state index contributed by atoms with van der Waals surface area (Å²) in [7, 11) is 1.99. The summed E-state index contributed by atoms with van der Waals surface area (Å²) in [5.74, 6) is 0. The molecule has 0 saturated carbocycles. The number of fused-ring (bicyclic) bond motifs is 2. The van der Waals surface area contributed by atoms with Gasteiger partial charge in [-0.15, -0.1) is 0 Å². The molecular weight excluding hydrogens is 332 g/mol. The van der Waals surface area contributed by atoms with Crippen molar-refractivity contribution in [2.75, 3.05) is 4.90 Å². The molecule has 2 aliphatic rings. The lowest BCUT2D eigenvalue weighted by atomic mass is 9.94. The fraction of sp³-hybridized carbons (Fsp3) is 0.500. The van der Waals surface area contributed by atoms with Crippen LogP contribution >= 0.6 is 11.6 Å². The first kappa shape index (κ1) is 16.6. The second kappa shape index (κ2) is 6.17. The summed E-state index contributed by atoms with van der Waals surface area (Å²) in [6.07, 6.45) is 7.07. The molecule has 0 unspecified atom stereocenters. The van der Waals surface area contributed by atoms with Crippen LogP contribution in [0.1, 0.15) is 42.4 Å². The number of aryl methyl sites for hydroxylation is 2. The Labute approximate surface area is 154 Å². The zero-order chi connectivity index (χ0) is 17.7. The molecule has 2 aromatic rings. The maximum Gasteiger partial charge on any atom is 0.0715 e. The highest BCUT2D eigenvalue weighted by Crippen LogP contribution is 2.47. The van der Waals surface area contributed by atoms with Gasteiger partial charge in [0.15, 0.2) is 0 Å². The third-order valence-corrected chi connectivity index (χ3v) is 6.36. The van der Waals surface area contributed by atoms with Gasteiger partial charge < -0.3 is 4.90 Å². The molecular formula is C20H25ClN4. The van der Waals surface area contributed by atoms with Gasteiger partial charge in [0, 0.05) is 41.0 Å². The van der Waals surface area contributed by atoms with E-state index in [1.165, 1.54) is 42.5 Å². The summed E-state index contributed by atoms with van der Waals surface area (Å²) >= 11 is 6.70. The summed E-state index contributed by atoms with van der Waals surface area (Å²) in [6, 6.07) is 3.45. The Morgan fingerprint density at radius 1 is 1.24 bits per heavy atom. The molecule has 0 amide bonds. The van der Waals surface area contributed by atoms with Crippen LogP contribution in [0.15, 0.2) is 17.3 Å². The van der Waals surface area contributed by atoms with Gasteiger partial charge in [-0.25, -0.2) is 0 Å². The lowest BCUT2D eigenvalue weighted by Crippen LogP contribution is -2.29. The smallest absolute Gasteiger partial charge is 0.0715 e. The zero-order valence-corrected chi connectivity index (χ0v) is 16.0. The predicted octanol–water partition coefficient (Wildman–Crippen LogP) is 4.69. The lowest BCUT2D eigenvalue weighted by Gasteiger charge is -2.29. The van der Waals surface area contributed by atoms with Crippen molar-refractivity contribution in [2.24, 2.45) is 12.0 Å². The minimum Gasteiger partial charge on any atom is -0.365 e. The van der Waals surface area contributed by atoms with Gasteiger partial charge in [-0.2, -0.15) is 5.10 Å². The molecule has 3 heterocycles. The summed E-state index contributed by atoms with van der Waals surface area (Å²) in [6.45, 7) is 8.57. The van der Waals surface area contributed by atoms with E-state index >= 15 is 0 Å². The van der Waals surface area contributed by atoms with E-state index in [1.807, 2.05) is 17.9 Å². The third kappa shape index (κ3) is 2.50. The number of anilines is 1. The van der Waals surface area contributed by atoms with Crippen molar-refractivity contribution in [2.45, 2.75) is 58.2 Å². The van der Waals surface area contributed by atoms with Crippen LogP contribution < -0.4 is 4.90 Å². The number of rotatable bonds is 4. The van der Waals surface area contributed by atoms with Crippen LogP contribution in [0.3, 0.4) is 0 Å². The molecule has 2 saturated heterocycles. The van der Waals surface area contributed by atoms with Crippen molar-refractivity contribution in [1.29, 1.82) is 0 Å². The number of nitrogens with zero attached hydrogens (tertiary/aromatic N) is 4. The lowest BCUT2D eigenvalue weighted by molar-refractivity contribution is 0.576. The second-order valence-corrected chi connectivity index (χ2v) is 7.81. The molecule has 5 heteroatoms. The standard InChI is InChI=1S/C20H25ClN4/c1-12-10-23-24(4)20(12)19-13(2)17(21)9-18(16(19)11-22-3)25-14-5-6-15(25)8-7-14/h9-10,14-15H,3,5-8,11H2,1-2,4H3. The van der Waals surface area contributed by atoms with E-state index in [9.17, 15) is 0 Å². The molecule has 2 fully saturated rings. The molecule has 0 N–H and O–H groups in total. The van der Waals surface area contributed by atoms with Crippen LogP contribution in [0, 0.1) is 13.8 Å². The Morgan fingerprint density at radius 2 is 1.88 bits per heavy atom. The highest BCUT2D eigenvalue weighted by atomic mass is 35.5. The Morgan fingerprint density at radius 3 is 2.40 bits per heavy atom. The maximum atomic E-state index is 6.70. The third-order valence-electron chi connectivity index (χ3n) is 5.97.